The van der Waals surface area contributed by atoms with E-state index >= 15 is 0 Å². The Hall–Kier alpha value is -3.33. The fourth-order valence-corrected chi connectivity index (χ4v) is 5.68. The van der Waals surface area contributed by atoms with Gasteiger partial charge in [0.05, 0.1) is 30.3 Å². The average Bonchev–Trinajstić information content (AvgIpc) is 3.34. The molecule has 0 unspecified atom stereocenters. The number of ether oxygens (including phenoxy) is 1. The Morgan fingerprint density at radius 2 is 2.00 bits per heavy atom. The van der Waals surface area contributed by atoms with Crippen molar-refractivity contribution in [2.75, 3.05) is 12.9 Å². The molecule has 7 nitrogen and oxygen atoms in total. The molecule has 2 aromatic carbocycles. The predicted octanol–water partition coefficient (Wildman–Crippen LogP) is 3.66. The highest BCUT2D eigenvalue weighted by Crippen LogP contribution is 2.42. The topological polar surface area (TPSA) is 87.0 Å². The Balaban J connectivity index is 1.71. The molecular formula is C22H19FN4O3S. The number of aromatic nitrogens is 4. The van der Waals surface area contributed by atoms with Crippen LogP contribution in [0, 0.1) is 5.82 Å². The Morgan fingerprint density at radius 1 is 1.16 bits per heavy atom. The molecule has 0 saturated carbocycles. The fraction of sp³-hybridized carbons (Fsp3) is 0.227. The van der Waals surface area contributed by atoms with E-state index in [4.69, 9.17) is 4.74 Å². The Kier molecular flexibility index (Phi) is 4.51. The van der Waals surface area contributed by atoms with Crippen molar-refractivity contribution in [3.8, 4) is 28.0 Å². The van der Waals surface area contributed by atoms with E-state index in [1.807, 2.05) is 11.5 Å². The number of methoxy groups -OCH3 is 1. The maximum atomic E-state index is 14.9. The van der Waals surface area contributed by atoms with E-state index in [0.29, 0.717) is 46.6 Å². The lowest BCUT2D eigenvalue weighted by molar-refractivity contribution is 0.410. The summed E-state index contributed by atoms with van der Waals surface area (Å²) in [6.45, 7) is 2.70. The molecule has 1 aliphatic rings. The summed E-state index contributed by atoms with van der Waals surface area (Å²) in [6, 6.07) is 7.91. The summed E-state index contributed by atoms with van der Waals surface area (Å²) in [6.07, 6.45) is 3.66. The van der Waals surface area contributed by atoms with Crippen LogP contribution in [0.3, 0.4) is 0 Å². The number of hydrogen-bond donors (Lipinski definition) is 0. The van der Waals surface area contributed by atoms with Gasteiger partial charge >= 0.3 is 0 Å². The number of hydrogen-bond acceptors (Lipinski definition) is 6. The van der Waals surface area contributed by atoms with Crippen molar-refractivity contribution in [3.63, 3.8) is 0 Å². The standard InChI is InChI=1S/C22H19FN4O3S/c1-3-27-12-24-20-17(11-25-26-22(20)27)13-4-6-18(23)16(10-13)14-5-7-19-15(21(14)30-2)8-9-31(19,28)29/h4-7,10-12H,3,8-9H2,1-2H3. The molecule has 0 fully saturated rings. The molecule has 0 spiro atoms. The summed E-state index contributed by atoms with van der Waals surface area (Å²) in [5.41, 5.74) is 4.23. The number of sulfone groups is 1. The van der Waals surface area contributed by atoms with Gasteiger partial charge in [-0.05, 0) is 43.2 Å². The second-order valence-electron chi connectivity index (χ2n) is 7.35. The minimum absolute atomic E-state index is 0.0332. The van der Waals surface area contributed by atoms with Gasteiger partial charge in [0.2, 0.25) is 0 Å². The third kappa shape index (κ3) is 2.99. The normalized spacial score (nSPS) is 14.7. The summed E-state index contributed by atoms with van der Waals surface area (Å²) in [5, 5.41) is 8.27. The van der Waals surface area contributed by atoms with E-state index in [-0.39, 0.29) is 10.6 Å². The molecule has 4 aromatic rings. The molecule has 9 heteroatoms. The highest BCUT2D eigenvalue weighted by Gasteiger charge is 2.31. The van der Waals surface area contributed by atoms with Crippen molar-refractivity contribution >= 4 is 21.0 Å². The zero-order valence-electron chi connectivity index (χ0n) is 17.0. The van der Waals surface area contributed by atoms with Crippen molar-refractivity contribution in [3.05, 3.63) is 54.2 Å². The quantitative estimate of drug-likeness (QED) is 0.483. The average molecular weight is 438 g/mol. The lowest BCUT2D eigenvalue weighted by atomic mass is 9.96. The number of imidazole rings is 1. The van der Waals surface area contributed by atoms with Crippen molar-refractivity contribution in [2.24, 2.45) is 0 Å². The third-order valence-electron chi connectivity index (χ3n) is 5.69. The van der Waals surface area contributed by atoms with Gasteiger partial charge in [-0.1, -0.05) is 6.07 Å². The van der Waals surface area contributed by atoms with Gasteiger partial charge in [0, 0.05) is 28.8 Å². The van der Waals surface area contributed by atoms with Gasteiger partial charge in [-0.15, -0.1) is 5.10 Å². The molecule has 5 rings (SSSR count). The van der Waals surface area contributed by atoms with Crippen LogP contribution in [0.4, 0.5) is 4.39 Å². The molecule has 2 aromatic heterocycles. The summed E-state index contributed by atoms with van der Waals surface area (Å²) >= 11 is 0. The maximum absolute atomic E-state index is 14.9. The second kappa shape index (κ2) is 7.12. The first kappa shape index (κ1) is 19.6. The number of aryl methyl sites for hydroxylation is 1. The van der Waals surface area contributed by atoms with Crippen LogP contribution in [0.15, 0.2) is 47.8 Å². The molecule has 0 aliphatic carbocycles. The van der Waals surface area contributed by atoms with Gasteiger partial charge < -0.3 is 9.30 Å². The van der Waals surface area contributed by atoms with Crippen molar-refractivity contribution < 1.29 is 17.5 Å². The number of fused-ring (bicyclic) bond motifs is 2. The monoisotopic (exact) mass is 438 g/mol. The minimum Gasteiger partial charge on any atom is -0.496 e. The Labute approximate surface area is 178 Å². The molecule has 31 heavy (non-hydrogen) atoms. The first-order valence-corrected chi connectivity index (χ1v) is 11.5. The van der Waals surface area contributed by atoms with Crippen molar-refractivity contribution in [1.29, 1.82) is 0 Å². The number of nitrogens with zero attached hydrogens (tertiary/aromatic N) is 4. The van der Waals surface area contributed by atoms with E-state index in [0.717, 1.165) is 11.1 Å². The van der Waals surface area contributed by atoms with Gasteiger partial charge in [0.15, 0.2) is 15.5 Å². The van der Waals surface area contributed by atoms with Crippen LogP contribution < -0.4 is 4.74 Å². The van der Waals surface area contributed by atoms with Gasteiger partial charge in [-0.25, -0.2) is 17.8 Å². The maximum Gasteiger partial charge on any atom is 0.183 e. The van der Waals surface area contributed by atoms with Crippen LogP contribution in [-0.2, 0) is 22.8 Å². The molecule has 0 radical (unpaired) electrons. The van der Waals surface area contributed by atoms with Crippen LogP contribution in [0.25, 0.3) is 33.4 Å². The van der Waals surface area contributed by atoms with Crippen molar-refractivity contribution in [2.45, 2.75) is 24.8 Å². The van der Waals surface area contributed by atoms with Crippen LogP contribution >= 0.6 is 0 Å². The first-order valence-electron chi connectivity index (χ1n) is 9.84. The summed E-state index contributed by atoms with van der Waals surface area (Å²) in [7, 11) is -1.85. The molecule has 158 valence electrons. The Bertz CT molecular complexity index is 1450. The number of halogens is 1. The third-order valence-corrected chi connectivity index (χ3v) is 7.48. The van der Waals surface area contributed by atoms with Gasteiger partial charge in [0.1, 0.15) is 17.1 Å². The lowest BCUT2D eigenvalue weighted by Gasteiger charge is -2.14. The molecule has 3 heterocycles. The largest absolute Gasteiger partial charge is 0.496 e. The first-order chi connectivity index (χ1) is 14.9. The lowest BCUT2D eigenvalue weighted by Crippen LogP contribution is -1.99. The van der Waals surface area contributed by atoms with Crippen molar-refractivity contribution in [1.82, 2.24) is 19.7 Å². The number of rotatable bonds is 4. The van der Waals surface area contributed by atoms with Gasteiger partial charge in [-0.3, -0.25) is 0 Å². The van der Waals surface area contributed by atoms with Crippen LogP contribution in [-0.4, -0.2) is 41.0 Å². The zero-order valence-corrected chi connectivity index (χ0v) is 17.8. The molecule has 1 aliphatic heterocycles. The van der Waals surface area contributed by atoms with Gasteiger partial charge in [0.25, 0.3) is 0 Å². The molecular weight excluding hydrogens is 419 g/mol. The van der Waals surface area contributed by atoms with E-state index in [1.165, 1.54) is 19.2 Å². The van der Waals surface area contributed by atoms with E-state index < -0.39 is 15.7 Å². The fourth-order valence-electron chi connectivity index (χ4n) is 4.14. The van der Waals surface area contributed by atoms with E-state index in [2.05, 4.69) is 15.2 Å². The highest BCUT2D eigenvalue weighted by molar-refractivity contribution is 7.91. The zero-order chi connectivity index (χ0) is 21.8. The molecule has 0 amide bonds. The van der Waals surface area contributed by atoms with Crippen LogP contribution in [0.2, 0.25) is 0 Å². The molecule has 0 saturated heterocycles. The predicted molar refractivity (Wildman–Crippen MR) is 114 cm³/mol. The van der Waals surface area contributed by atoms with Crippen LogP contribution in [0.5, 0.6) is 5.75 Å². The minimum atomic E-state index is -3.32. The SMILES string of the molecule is CCn1cnc2c(-c3ccc(F)c(-c4ccc5c(c4OC)CCS5(=O)=O)c3)cnnc21. The number of benzene rings is 2. The van der Waals surface area contributed by atoms with Crippen LogP contribution in [0.1, 0.15) is 12.5 Å². The Morgan fingerprint density at radius 3 is 2.77 bits per heavy atom. The molecule has 0 atom stereocenters. The highest BCUT2D eigenvalue weighted by atomic mass is 32.2. The molecule has 0 N–H and O–H groups in total. The second-order valence-corrected chi connectivity index (χ2v) is 9.43. The van der Waals surface area contributed by atoms with E-state index in [9.17, 15) is 12.8 Å². The summed E-state index contributed by atoms with van der Waals surface area (Å²) in [4.78, 5) is 4.72. The van der Waals surface area contributed by atoms with Gasteiger partial charge in [-0.2, -0.15) is 5.10 Å². The van der Waals surface area contributed by atoms with E-state index in [1.54, 1.807) is 30.7 Å². The molecule has 0 bridgehead atoms. The summed E-state index contributed by atoms with van der Waals surface area (Å²) < 4.78 is 46.9. The smallest absolute Gasteiger partial charge is 0.183 e. The summed E-state index contributed by atoms with van der Waals surface area (Å²) in [5.74, 6) is -0.00565.